The van der Waals surface area contributed by atoms with Crippen LogP contribution in [0.4, 0.5) is 5.13 Å². The van der Waals surface area contributed by atoms with E-state index >= 15 is 0 Å². The monoisotopic (exact) mass is 282 g/mol. The van der Waals surface area contributed by atoms with E-state index in [4.69, 9.17) is 4.52 Å². The molecule has 19 heavy (non-hydrogen) atoms. The number of esters is 1. The fourth-order valence-corrected chi connectivity index (χ4v) is 2.15. The standard InChI is InChI=1S/C11H14N4O3S/c1-7-13-9(18-15-7)3-4-12-11-14-8(6-19-11)5-10(16)17-2/h6H,3-5H2,1-2H3,(H,12,14). The molecule has 0 saturated carbocycles. The highest BCUT2D eigenvalue weighted by atomic mass is 32.1. The minimum absolute atomic E-state index is 0.192. The lowest BCUT2D eigenvalue weighted by Gasteiger charge is -1.98. The number of anilines is 1. The number of nitrogens with zero attached hydrogens (tertiary/aromatic N) is 3. The second-order valence-corrected chi connectivity index (χ2v) is 4.67. The van der Waals surface area contributed by atoms with Crippen LogP contribution in [-0.2, 0) is 22.4 Å². The van der Waals surface area contributed by atoms with Gasteiger partial charge in [-0.15, -0.1) is 11.3 Å². The third-order valence-electron chi connectivity index (χ3n) is 2.29. The molecule has 0 saturated heterocycles. The molecule has 1 N–H and O–H groups in total. The molecule has 0 radical (unpaired) electrons. The fraction of sp³-hybridized carbons (Fsp3) is 0.455. The van der Waals surface area contributed by atoms with Crippen molar-refractivity contribution in [2.75, 3.05) is 19.0 Å². The molecule has 7 nitrogen and oxygen atoms in total. The first-order chi connectivity index (χ1) is 9.17. The highest BCUT2D eigenvalue weighted by molar-refractivity contribution is 7.13. The number of nitrogens with one attached hydrogen (secondary N) is 1. The van der Waals surface area contributed by atoms with Crippen LogP contribution in [0.15, 0.2) is 9.90 Å². The Morgan fingerprint density at radius 2 is 2.37 bits per heavy atom. The number of methoxy groups -OCH3 is 1. The Hall–Kier alpha value is -1.96. The van der Waals surface area contributed by atoms with Crippen molar-refractivity contribution in [2.45, 2.75) is 19.8 Å². The van der Waals surface area contributed by atoms with Crippen LogP contribution < -0.4 is 5.32 Å². The maximum Gasteiger partial charge on any atom is 0.311 e. The van der Waals surface area contributed by atoms with Crippen LogP contribution >= 0.6 is 11.3 Å². The number of hydrogen-bond acceptors (Lipinski definition) is 8. The molecule has 0 aromatic carbocycles. The van der Waals surface area contributed by atoms with Crippen LogP contribution in [-0.4, -0.2) is 34.7 Å². The molecule has 0 amide bonds. The van der Waals surface area contributed by atoms with E-state index < -0.39 is 0 Å². The number of aromatic nitrogens is 3. The van der Waals surface area contributed by atoms with Gasteiger partial charge in [0.05, 0.1) is 19.2 Å². The van der Waals surface area contributed by atoms with Gasteiger partial charge in [0, 0.05) is 18.3 Å². The van der Waals surface area contributed by atoms with Gasteiger partial charge in [-0.25, -0.2) is 4.98 Å². The smallest absolute Gasteiger partial charge is 0.311 e. The van der Waals surface area contributed by atoms with E-state index in [1.807, 2.05) is 5.38 Å². The molecular weight excluding hydrogens is 268 g/mol. The Morgan fingerprint density at radius 3 is 3.05 bits per heavy atom. The quantitative estimate of drug-likeness (QED) is 0.796. The van der Waals surface area contributed by atoms with Crippen LogP contribution in [0.25, 0.3) is 0 Å². The van der Waals surface area contributed by atoms with Gasteiger partial charge in [-0.1, -0.05) is 5.16 Å². The van der Waals surface area contributed by atoms with Crippen LogP contribution in [0.3, 0.4) is 0 Å². The number of rotatable bonds is 6. The molecule has 0 bridgehead atoms. The van der Waals surface area contributed by atoms with Crippen molar-refractivity contribution in [2.24, 2.45) is 0 Å². The van der Waals surface area contributed by atoms with Gasteiger partial charge in [0.2, 0.25) is 5.89 Å². The zero-order chi connectivity index (χ0) is 13.7. The number of thiazole rings is 1. The average molecular weight is 282 g/mol. The molecule has 0 atom stereocenters. The number of aryl methyl sites for hydroxylation is 1. The first kappa shape index (κ1) is 13.5. The van der Waals surface area contributed by atoms with E-state index in [1.54, 1.807) is 6.92 Å². The summed E-state index contributed by atoms with van der Waals surface area (Å²) in [5.74, 6) is 0.930. The van der Waals surface area contributed by atoms with Crippen LogP contribution in [0.2, 0.25) is 0 Å². The molecule has 2 rings (SSSR count). The van der Waals surface area contributed by atoms with E-state index in [1.165, 1.54) is 18.4 Å². The first-order valence-corrected chi connectivity index (χ1v) is 6.59. The fourth-order valence-electron chi connectivity index (χ4n) is 1.41. The van der Waals surface area contributed by atoms with Gasteiger partial charge in [-0.3, -0.25) is 4.79 Å². The van der Waals surface area contributed by atoms with Gasteiger partial charge in [0.25, 0.3) is 0 Å². The largest absolute Gasteiger partial charge is 0.469 e. The predicted molar refractivity (Wildman–Crippen MR) is 69.1 cm³/mol. The summed E-state index contributed by atoms with van der Waals surface area (Å²) < 4.78 is 9.58. The van der Waals surface area contributed by atoms with Gasteiger partial charge in [0.15, 0.2) is 11.0 Å². The molecule has 2 aromatic heterocycles. The Labute approximate surface area is 114 Å². The van der Waals surface area contributed by atoms with E-state index in [-0.39, 0.29) is 12.4 Å². The molecule has 0 aliphatic rings. The SMILES string of the molecule is COC(=O)Cc1csc(NCCc2nc(C)no2)n1. The molecule has 2 aromatic rings. The second-order valence-electron chi connectivity index (χ2n) is 3.81. The first-order valence-electron chi connectivity index (χ1n) is 5.71. The zero-order valence-corrected chi connectivity index (χ0v) is 11.5. The molecule has 0 aliphatic carbocycles. The lowest BCUT2D eigenvalue weighted by molar-refractivity contribution is -0.139. The third-order valence-corrected chi connectivity index (χ3v) is 3.14. The molecule has 0 spiro atoms. The summed E-state index contributed by atoms with van der Waals surface area (Å²) in [6, 6.07) is 0. The summed E-state index contributed by atoms with van der Waals surface area (Å²) in [5.41, 5.74) is 0.702. The van der Waals surface area contributed by atoms with E-state index in [0.29, 0.717) is 30.4 Å². The van der Waals surface area contributed by atoms with E-state index in [9.17, 15) is 4.79 Å². The minimum atomic E-state index is -0.293. The van der Waals surface area contributed by atoms with Crippen LogP contribution in [0.5, 0.6) is 0 Å². The van der Waals surface area contributed by atoms with Crippen molar-refractivity contribution in [1.29, 1.82) is 0 Å². The van der Waals surface area contributed by atoms with Crippen molar-refractivity contribution in [1.82, 2.24) is 15.1 Å². The third kappa shape index (κ3) is 4.02. The highest BCUT2D eigenvalue weighted by Gasteiger charge is 2.08. The van der Waals surface area contributed by atoms with Gasteiger partial charge >= 0.3 is 5.97 Å². The molecule has 0 fully saturated rings. The van der Waals surface area contributed by atoms with E-state index in [0.717, 1.165) is 5.13 Å². The van der Waals surface area contributed by atoms with Crippen molar-refractivity contribution in [3.63, 3.8) is 0 Å². The Bertz CT molecular complexity index is 552. The van der Waals surface area contributed by atoms with Gasteiger partial charge in [-0.05, 0) is 6.92 Å². The lowest BCUT2D eigenvalue weighted by atomic mass is 10.3. The molecule has 0 unspecified atom stereocenters. The predicted octanol–water partition coefficient (Wildman–Crippen LogP) is 1.20. The Morgan fingerprint density at radius 1 is 1.53 bits per heavy atom. The molecular formula is C11H14N4O3S. The average Bonchev–Trinajstić information content (AvgIpc) is 2.99. The summed E-state index contributed by atoms with van der Waals surface area (Å²) in [7, 11) is 1.36. The van der Waals surface area contributed by atoms with Crippen molar-refractivity contribution in [3.8, 4) is 0 Å². The Balaban J connectivity index is 1.78. The summed E-state index contributed by atoms with van der Waals surface area (Å²) >= 11 is 1.45. The van der Waals surface area contributed by atoms with Gasteiger partial charge in [0.1, 0.15) is 0 Å². The van der Waals surface area contributed by atoms with Crippen molar-refractivity contribution < 1.29 is 14.1 Å². The summed E-state index contributed by atoms with van der Waals surface area (Å²) in [6.07, 6.45) is 0.824. The van der Waals surface area contributed by atoms with Crippen LogP contribution in [0.1, 0.15) is 17.4 Å². The molecule has 2 heterocycles. The maximum absolute atomic E-state index is 11.1. The number of carbonyl (C=O) groups is 1. The topological polar surface area (TPSA) is 90.1 Å². The molecule has 0 aliphatic heterocycles. The lowest BCUT2D eigenvalue weighted by Crippen LogP contribution is -2.06. The second kappa shape index (κ2) is 6.28. The summed E-state index contributed by atoms with van der Waals surface area (Å²) in [6.45, 7) is 2.42. The van der Waals surface area contributed by atoms with Gasteiger partial charge in [-0.2, -0.15) is 4.98 Å². The number of hydrogen-bond donors (Lipinski definition) is 1. The maximum atomic E-state index is 11.1. The summed E-state index contributed by atoms with van der Waals surface area (Å²) in [5, 5.41) is 9.44. The minimum Gasteiger partial charge on any atom is -0.469 e. The van der Waals surface area contributed by atoms with Crippen LogP contribution in [0, 0.1) is 6.92 Å². The van der Waals surface area contributed by atoms with Crippen molar-refractivity contribution in [3.05, 3.63) is 22.8 Å². The normalized spacial score (nSPS) is 10.4. The Kier molecular flexibility index (Phi) is 4.45. The molecule has 8 heteroatoms. The zero-order valence-electron chi connectivity index (χ0n) is 10.7. The van der Waals surface area contributed by atoms with Gasteiger partial charge < -0.3 is 14.6 Å². The van der Waals surface area contributed by atoms with Crippen molar-refractivity contribution >= 4 is 22.4 Å². The van der Waals surface area contributed by atoms with E-state index in [2.05, 4.69) is 25.2 Å². The number of carbonyl (C=O) groups excluding carboxylic acids is 1. The summed E-state index contributed by atoms with van der Waals surface area (Å²) in [4.78, 5) is 19.5. The molecule has 102 valence electrons. The highest BCUT2D eigenvalue weighted by Crippen LogP contribution is 2.16. The number of ether oxygens (including phenoxy) is 1.